The minimum Gasteiger partial charge on any atom is -0.396 e. The zero-order valence-electron chi connectivity index (χ0n) is 9.83. The van der Waals surface area contributed by atoms with Crippen LogP contribution in [-0.2, 0) is 0 Å². The van der Waals surface area contributed by atoms with Gasteiger partial charge in [0.05, 0.1) is 0 Å². The Hall–Kier alpha value is -0.820. The molecule has 0 heterocycles. The summed E-state index contributed by atoms with van der Waals surface area (Å²) in [7, 11) is 0. The molecule has 0 spiro atoms. The molecule has 1 aliphatic carbocycles. The van der Waals surface area contributed by atoms with Gasteiger partial charge in [0.25, 0.3) is 0 Å². The van der Waals surface area contributed by atoms with Crippen molar-refractivity contribution in [1.82, 2.24) is 0 Å². The van der Waals surface area contributed by atoms with Gasteiger partial charge in [-0.15, -0.1) is 0 Å². The van der Waals surface area contributed by atoms with Crippen molar-refractivity contribution < 1.29 is 5.11 Å². The van der Waals surface area contributed by atoms with Crippen LogP contribution in [0.4, 0.5) is 0 Å². The van der Waals surface area contributed by atoms with E-state index in [4.69, 9.17) is 0 Å². The minimum absolute atomic E-state index is 0.185. The Bertz CT molecular complexity index is 341. The lowest BCUT2D eigenvalue weighted by Crippen LogP contribution is -2.08. The Morgan fingerprint density at radius 3 is 2.47 bits per heavy atom. The van der Waals surface area contributed by atoms with Crippen molar-refractivity contribution in [2.45, 2.75) is 33.1 Å². The molecule has 0 bridgehead atoms. The quantitative estimate of drug-likeness (QED) is 0.802. The lowest BCUT2D eigenvalue weighted by molar-refractivity contribution is 0.207. The molecule has 0 amide bonds. The highest BCUT2D eigenvalue weighted by Gasteiger charge is 2.52. The van der Waals surface area contributed by atoms with E-state index in [1.54, 1.807) is 0 Å². The van der Waals surface area contributed by atoms with Crippen LogP contribution >= 0.6 is 0 Å². The van der Waals surface area contributed by atoms with E-state index in [0.717, 1.165) is 0 Å². The van der Waals surface area contributed by atoms with E-state index in [1.807, 2.05) is 0 Å². The zero-order valence-corrected chi connectivity index (χ0v) is 9.83. The van der Waals surface area contributed by atoms with Gasteiger partial charge < -0.3 is 5.11 Å². The van der Waals surface area contributed by atoms with Crippen LogP contribution in [-0.4, -0.2) is 11.7 Å². The molecule has 15 heavy (non-hydrogen) atoms. The van der Waals surface area contributed by atoms with Gasteiger partial charge in [0, 0.05) is 6.61 Å². The molecular weight excluding hydrogens is 184 g/mol. The van der Waals surface area contributed by atoms with Crippen molar-refractivity contribution in [2.75, 3.05) is 6.61 Å². The number of hydrogen-bond donors (Lipinski definition) is 1. The zero-order chi connectivity index (χ0) is 11.1. The van der Waals surface area contributed by atoms with Crippen molar-refractivity contribution in [3.63, 3.8) is 0 Å². The van der Waals surface area contributed by atoms with E-state index in [0.29, 0.717) is 18.4 Å². The first-order valence-corrected chi connectivity index (χ1v) is 5.74. The van der Waals surface area contributed by atoms with Crippen molar-refractivity contribution in [3.8, 4) is 0 Å². The molecule has 1 N–H and O–H groups in total. The molecule has 1 saturated carbocycles. The summed E-state index contributed by atoms with van der Waals surface area (Å²) < 4.78 is 0. The summed E-state index contributed by atoms with van der Waals surface area (Å²) in [6, 6.07) is 8.78. The van der Waals surface area contributed by atoms with Gasteiger partial charge in [-0.05, 0) is 36.2 Å². The molecule has 1 unspecified atom stereocenters. The predicted octanol–water partition coefficient (Wildman–Crippen LogP) is 3.12. The van der Waals surface area contributed by atoms with E-state index in [-0.39, 0.29) is 5.41 Å². The summed E-state index contributed by atoms with van der Waals surface area (Å²) in [5.74, 6) is 1.23. The molecule has 1 nitrogen and oxygen atoms in total. The van der Waals surface area contributed by atoms with Gasteiger partial charge in [-0.1, -0.05) is 43.7 Å². The predicted molar refractivity (Wildman–Crippen MR) is 62.9 cm³/mol. The smallest absolute Gasteiger partial charge is 0.0487 e. The van der Waals surface area contributed by atoms with Crippen LogP contribution in [0, 0.1) is 18.3 Å². The lowest BCUT2D eigenvalue weighted by Gasteiger charge is -2.15. The maximum absolute atomic E-state index is 9.28. The van der Waals surface area contributed by atoms with Gasteiger partial charge in [0.1, 0.15) is 0 Å². The minimum atomic E-state index is 0.185. The van der Waals surface area contributed by atoms with Crippen molar-refractivity contribution in [2.24, 2.45) is 11.3 Å². The summed E-state index contributed by atoms with van der Waals surface area (Å²) in [5.41, 5.74) is 2.90. The molecule has 2 rings (SSSR count). The van der Waals surface area contributed by atoms with Gasteiger partial charge >= 0.3 is 0 Å². The summed E-state index contributed by atoms with van der Waals surface area (Å²) in [6.07, 6.45) is 1.17. The van der Waals surface area contributed by atoms with Gasteiger partial charge in [0.2, 0.25) is 0 Å². The molecule has 1 aliphatic rings. The SMILES string of the molecule is Cc1ccc(C(C)[C@@H]2C[C@]2(C)CO)cc1. The number of rotatable bonds is 3. The van der Waals surface area contributed by atoms with Crippen LogP contribution in [0.2, 0.25) is 0 Å². The number of aliphatic hydroxyl groups excluding tert-OH is 1. The fraction of sp³-hybridized carbons (Fsp3) is 0.571. The Labute approximate surface area is 92.1 Å². The van der Waals surface area contributed by atoms with Gasteiger partial charge in [-0.2, -0.15) is 0 Å². The molecule has 1 fully saturated rings. The van der Waals surface area contributed by atoms with Gasteiger partial charge in [0.15, 0.2) is 0 Å². The van der Waals surface area contributed by atoms with Crippen LogP contribution in [0.15, 0.2) is 24.3 Å². The Morgan fingerprint density at radius 2 is 2.00 bits per heavy atom. The van der Waals surface area contributed by atoms with E-state index in [2.05, 4.69) is 45.0 Å². The molecule has 3 atom stereocenters. The Balaban J connectivity index is 2.10. The van der Waals surface area contributed by atoms with Crippen LogP contribution in [0.3, 0.4) is 0 Å². The van der Waals surface area contributed by atoms with Crippen LogP contribution < -0.4 is 0 Å². The summed E-state index contributed by atoms with van der Waals surface area (Å²) in [6.45, 7) is 6.90. The molecule has 82 valence electrons. The Kier molecular flexibility index (Phi) is 2.59. The highest BCUT2D eigenvalue weighted by atomic mass is 16.3. The first kappa shape index (κ1) is 10.7. The molecule has 1 aromatic rings. The second kappa shape index (κ2) is 3.64. The van der Waals surface area contributed by atoms with Crippen molar-refractivity contribution in [3.05, 3.63) is 35.4 Å². The first-order chi connectivity index (χ1) is 7.07. The fourth-order valence-corrected chi connectivity index (χ4v) is 2.51. The average molecular weight is 204 g/mol. The lowest BCUT2D eigenvalue weighted by atomic mass is 9.91. The third kappa shape index (κ3) is 1.93. The molecule has 0 aromatic heterocycles. The normalized spacial score (nSPS) is 31.3. The van der Waals surface area contributed by atoms with E-state index in [1.165, 1.54) is 17.5 Å². The van der Waals surface area contributed by atoms with Crippen LogP contribution in [0.5, 0.6) is 0 Å². The number of benzene rings is 1. The van der Waals surface area contributed by atoms with E-state index in [9.17, 15) is 5.11 Å². The van der Waals surface area contributed by atoms with Crippen molar-refractivity contribution >= 4 is 0 Å². The third-order valence-electron chi connectivity index (χ3n) is 3.99. The second-order valence-corrected chi connectivity index (χ2v) is 5.32. The first-order valence-electron chi connectivity index (χ1n) is 5.74. The summed E-state index contributed by atoms with van der Waals surface area (Å²) >= 11 is 0. The van der Waals surface area contributed by atoms with Crippen molar-refractivity contribution in [1.29, 1.82) is 0 Å². The maximum Gasteiger partial charge on any atom is 0.0487 e. The fourth-order valence-electron chi connectivity index (χ4n) is 2.51. The average Bonchev–Trinajstić information content (AvgIpc) is 2.92. The molecule has 0 saturated heterocycles. The molecular formula is C14H20O. The van der Waals surface area contributed by atoms with E-state index < -0.39 is 0 Å². The Morgan fingerprint density at radius 1 is 1.40 bits per heavy atom. The molecule has 0 aliphatic heterocycles. The highest BCUT2D eigenvalue weighted by Crippen LogP contribution is 2.58. The van der Waals surface area contributed by atoms with Gasteiger partial charge in [-0.25, -0.2) is 0 Å². The number of aliphatic hydroxyl groups is 1. The second-order valence-electron chi connectivity index (χ2n) is 5.32. The number of aryl methyl sites for hydroxylation is 1. The monoisotopic (exact) mass is 204 g/mol. The largest absolute Gasteiger partial charge is 0.396 e. The highest BCUT2D eigenvalue weighted by molar-refractivity contribution is 5.26. The topological polar surface area (TPSA) is 20.2 Å². The van der Waals surface area contributed by atoms with Gasteiger partial charge in [-0.3, -0.25) is 0 Å². The third-order valence-corrected chi connectivity index (χ3v) is 3.99. The van der Waals surface area contributed by atoms with Crippen LogP contribution in [0.1, 0.15) is 37.3 Å². The molecule has 1 aromatic carbocycles. The number of hydrogen-bond acceptors (Lipinski definition) is 1. The molecule has 1 heteroatoms. The molecule has 0 radical (unpaired) electrons. The van der Waals surface area contributed by atoms with E-state index >= 15 is 0 Å². The summed E-state index contributed by atoms with van der Waals surface area (Å²) in [4.78, 5) is 0. The maximum atomic E-state index is 9.28. The van der Waals surface area contributed by atoms with Crippen LogP contribution in [0.25, 0.3) is 0 Å². The summed E-state index contributed by atoms with van der Waals surface area (Å²) in [5, 5.41) is 9.28. The standard InChI is InChI=1S/C14H20O/c1-10-4-6-12(7-5-10)11(2)13-8-14(13,3)9-15/h4-7,11,13,15H,8-9H2,1-3H3/t11?,13-,14+/m0/s1.